The van der Waals surface area contributed by atoms with Gasteiger partial charge >= 0.3 is 5.97 Å². The van der Waals surface area contributed by atoms with Gasteiger partial charge in [0.2, 0.25) is 0 Å². The summed E-state index contributed by atoms with van der Waals surface area (Å²) in [4.78, 5) is 23.7. The SMILES string of the molecule is COc1ccc2c(c1)c1cnn(C(C)C(=O)O)c(=O)c1n2C. The lowest BCUT2D eigenvalue weighted by molar-refractivity contribution is -0.140. The molecule has 0 aliphatic carbocycles. The first-order valence-corrected chi connectivity index (χ1v) is 6.72. The van der Waals surface area contributed by atoms with Gasteiger partial charge in [0.05, 0.1) is 13.3 Å². The Bertz CT molecular complexity index is 955. The minimum absolute atomic E-state index is 0.423. The molecule has 0 bridgehead atoms. The van der Waals surface area contributed by atoms with Crippen molar-refractivity contribution >= 4 is 27.8 Å². The molecule has 0 fully saturated rings. The predicted octanol–water partition coefficient (Wildman–Crippen LogP) is 1.54. The van der Waals surface area contributed by atoms with E-state index in [4.69, 9.17) is 9.84 Å². The number of hydrogen-bond acceptors (Lipinski definition) is 4. The van der Waals surface area contributed by atoms with Crippen molar-refractivity contribution in [3.05, 3.63) is 34.7 Å². The lowest BCUT2D eigenvalue weighted by Crippen LogP contribution is -2.30. The summed E-state index contributed by atoms with van der Waals surface area (Å²) in [5, 5.41) is 14.6. The molecule has 0 saturated carbocycles. The fourth-order valence-electron chi connectivity index (χ4n) is 2.63. The van der Waals surface area contributed by atoms with E-state index in [2.05, 4.69) is 5.10 Å². The highest BCUT2D eigenvalue weighted by atomic mass is 16.5. The Labute approximate surface area is 125 Å². The van der Waals surface area contributed by atoms with Crippen molar-refractivity contribution in [2.24, 2.45) is 7.05 Å². The minimum Gasteiger partial charge on any atom is -0.497 e. The summed E-state index contributed by atoms with van der Waals surface area (Å²) >= 11 is 0. The maximum Gasteiger partial charge on any atom is 0.328 e. The van der Waals surface area contributed by atoms with Crippen LogP contribution in [0.5, 0.6) is 5.75 Å². The molecule has 1 aromatic carbocycles. The highest BCUT2D eigenvalue weighted by Crippen LogP contribution is 2.28. The summed E-state index contributed by atoms with van der Waals surface area (Å²) in [5.41, 5.74) is 0.854. The van der Waals surface area contributed by atoms with Crippen LogP contribution in [-0.2, 0) is 11.8 Å². The van der Waals surface area contributed by atoms with Crippen molar-refractivity contribution < 1.29 is 14.6 Å². The van der Waals surface area contributed by atoms with E-state index >= 15 is 0 Å². The van der Waals surface area contributed by atoms with E-state index in [9.17, 15) is 9.59 Å². The number of aryl methyl sites for hydroxylation is 1. The second-order valence-electron chi connectivity index (χ2n) is 5.11. The molecule has 0 radical (unpaired) electrons. The first-order valence-electron chi connectivity index (χ1n) is 6.72. The third-order valence-corrected chi connectivity index (χ3v) is 3.89. The van der Waals surface area contributed by atoms with Crippen molar-refractivity contribution in [1.29, 1.82) is 0 Å². The number of carboxylic acids is 1. The van der Waals surface area contributed by atoms with Gasteiger partial charge in [-0.05, 0) is 25.1 Å². The summed E-state index contributed by atoms with van der Waals surface area (Å²) < 4.78 is 7.95. The predicted molar refractivity (Wildman–Crippen MR) is 81.4 cm³/mol. The average molecular weight is 301 g/mol. The Morgan fingerprint density at radius 1 is 1.36 bits per heavy atom. The van der Waals surface area contributed by atoms with Crippen molar-refractivity contribution in [3.8, 4) is 5.75 Å². The van der Waals surface area contributed by atoms with Crippen LogP contribution in [0, 0.1) is 0 Å². The van der Waals surface area contributed by atoms with Gasteiger partial charge < -0.3 is 14.4 Å². The number of carbonyl (C=O) groups is 1. The zero-order valence-corrected chi connectivity index (χ0v) is 12.4. The van der Waals surface area contributed by atoms with Gasteiger partial charge in [-0.3, -0.25) is 4.79 Å². The summed E-state index contributed by atoms with van der Waals surface area (Å²) in [6.07, 6.45) is 1.53. The molecule has 0 saturated heterocycles. The molecule has 114 valence electrons. The van der Waals surface area contributed by atoms with Crippen LogP contribution in [0.4, 0.5) is 0 Å². The van der Waals surface area contributed by atoms with E-state index in [-0.39, 0.29) is 0 Å². The largest absolute Gasteiger partial charge is 0.497 e. The first-order chi connectivity index (χ1) is 10.5. The molecular weight excluding hydrogens is 286 g/mol. The van der Waals surface area contributed by atoms with E-state index in [0.29, 0.717) is 16.7 Å². The maximum absolute atomic E-state index is 12.6. The molecule has 7 heteroatoms. The van der Waals surface area contributed by atoms with Crippen molar-refractivity contribution in [3.63, 3.8) is 0 Å². The molecular formula is C15H15N3O4. The molecule has 2 aromatic heterocycles. The van der Waals surface area contributed by atoms with Crippen LogP contribution in [-0.4, -0.2) is 32.5 Å². The lowest BCUT2D eigenvalue weighted by atomic mass is 10.2. The molecule has 1 atom stereocenters. The van der Waals surface area contributed by atoms with Crippen molar-refractivity contribution in [2.45, 2.75) is 13.0 Å². The Morgan fingerprint density at radius 2 is 2.09 bits per heavy atom. The van der Waals surface area contributed by atoms with E-state index in [1.165, 1.54) is 13.1 Å². The quantitative estimate of drug-likeness (QED) is 0.793. The number of hydrogen-bond donors (Lipinski definition) is 1. The normalized spacial score (nSPS) is 12.7. The summed E-state index contributed by atoms with van der Waals surface area (Å²) in [5.74, 6) is -0.419. The van der Waals surface area contributed by atoms with Crippen LogP contribution >= 0.6 is 0 Å². The topological polar surface area (TPSA) is 86.4 Å². The second-order valence-corrected chi connectivity index (χ2v) is 5.11. The standard InChI is InChI=1S/C15H15N3O4/c1-8(15(20)21)18-14(19)13-11(7-16-18)10-6-9(22-3)4-5-12(10)17(13)2/h4-8H,1-3H3,(H,20,21). The second kappa shape index (κ2) is 4.87. The van der Waals surface area contributed by atoms with E-state index in [0.717, 1.165) is 15.6 Å². The monoisotopic (exact) mass is 301 g/mol. The maximum atomic E-state index is 12.6. The number of ether oxygens (including phenoxy) is 1. The molecule has 0 spiro atoms. The van der Waals surface area contributed by atoms with Gasteiger partial charge in [0.15, 0.2) is 6.04 Å². The molecule has 7 nitrogen and oxygen atoms in total. The number of aromatic nitrogens is 3. The molecule has 22 heavy (non-hydrogen) atoms. The lowest BCUT2D eigenvalue weighted by Gasteiger charge is -2.09. The van der Waals surface area contributed by atoms with Crippen LogP contribution in [0.3, 0.4) is 0 Å². The molecule has 1 N–H and O–H groups in total. The fraction of sp³-hybridized carbons (Fsp3) is 0.267. The number of carboxylic acid groups (broad SMARTS) is 1. The number of aliphatic carboxylic acids is 1. The third kappa shape index (κ3) is 1.86. The Kier molecular flexibility index (Phi) is 3.13. The molecule has 3 rings (SSSR count). The highest BCUT2D eigenvalue weighted by Gasteiger charge is 2.20. The number of fused-ring (bicyclic) bond motifs is 3. The number of nitrogens with zero attached hydrogens (tertiary/aromatic N) is 3. The highest BCUT2D eigenvalue weighted by molar-refractivity contribution is 6.07. The molecule has 2 heterocycles. The van der Waals surface area contributed by atoms with Gasteiger partial charge in [-0.25, -0.2) is 9.48 Å². The van der Waals surface area contributed by atoms with Gasteiger partial charge in [0.25, 0.3) is 5.56 Å². The van der Waals surface area contributed by atoms with Crippen molar-refractivity contribution in [1.82, 2.24) is 14.3 Å². The molecule has 1 unspecified atom stereocenters. The summed E-state index contributed by atoms with van der Waals surface area (Å²) in [7, 11) is 3.35. The van der Waals surface area contributed by atoms with Crippen LogP contribution in [0.2, 0.25) is 0 Å². The van der Waals surface area contributed by atoms with Crippen molar-refractivity contribution in [2.75, 3.05) is 7.11 Å². The van der Waals surface area contributed by atoms with E-state index in [1.54, 1.807) is 18.7 Å². The summed E-state index contributed by atoms with van der Waals surface area (Å²) in [6.45, 7) is 1.42. The average Bonchev–Trinajstić information content (AvgIpc) is 2.80. The Hall–Kier alpha value is -2.83. The van der Waals surface area contributed by atoms with E-state index in [1.807, 2.05) is 18.2 Å². The zero-order chi connectivity index (χ0) is 16.0. The number of benzene rings is 1. The number of rotatable bonds is 3. The zero-order valence-electron chi connectivity index (χ0n) is 12.4. The molecule has 3 aromatic rings. The van der Waals surface area contributed by atoms with Gasteiger partial charge in [-0.2, -0.15) is 5.10 Å². The first kappa shape index (κ1) is 14.1. The molecule has 0 aliphatic heterocycles. The van der Waals surface area contributed by atoms with Gasteiger partial charge in [-0.15, -0.1) is 0 Å². The van der Waals surface area contributed by atoms with Gasteiger partial charge in [-0.1, -0.05) is 0 Å². The molecule has 0 aliphatic rings. The number of methoxy groups -OCH3 is 1. The van der Waals surface area contributed by atoms with Gasteiger partial charge in [0, 0.05) is 23.3 Å². The van der Waals surface area contributed by atoms with Crippen LogP contribution < -0.4 is 10.3 Å². The van der Waals surface area contributed by atoms with E-state index < -0.39 is 17.6 Å². The van der Waals surface area contributed by atoms with Gasteiger partial charge in [0.1, 0.15) is 11.3 Å². The van der Waals surface area contributed by atoms with Crippen LogP contribution in [0.25, 0.3) is 21.8 Å². The fourth-order valence-corrected chi connectivity index (χ4v) is 2.63. The smallest absolute Gasteiger partial charge is 0.328 e. The minimum atomic E-state index is -1.10. The van der Waals surface area contributed by atoms with Crippen LogP contribution in [0.1, 0.15) is 13.0 Å². The molecule has 0 amide bonds. The summed E-state index contributed by atoms with van der Waals surface area (Å²) in [6, 6.07) is 4.49. The Balaban J connectivity index is 2.41. The van der Waals surface area contributed by atoms with Crippen LogP contribution in [0.15, 0.2) is 29.2 Å². The third-order valence-electron chi connectivity index (χ3n) is 3.89. The Morgan fingerprint density at radius 3 is 2.73 bits per heavy atom.